The van der Waals surface area contributed by atoms with Gasteiger partial charge in [0, 0.05) is 6.42 Å². The zero-order valence-corrected chi connectivity index (χ0v) is 13.2. The van der Waals surface area contributed by atoms with Gasteiger partial charge in [0.05, 0.1) is 23.4 Å². The molecular formula is C14H30O4. The topological polar surface area (TPSA) is 36.9 Å². The molecule has 0 heterocycles. The Morgan fingerprint density at radius 2 is 1.28 bits per heavy atom. The Kier molecular flexibility index (Phi) is 7.37. The second-order valence-electron chi connectivity index (χ2n) is 6.66. The van der Waals surface area contributed by atoms with Crippen molar-refractivity contribution in [2.24, 2.45) is 0 Å². The van der Waals surface area contributed by atoms with Crippen LogP contribution in [0.4, 0.5) is 0 Å². The van der Waals surface area contributed by atoms with Gasteiger partial charge >= 0.3 is 0 Å². The van der Waals surface area contributed by atoms with Crippen molar-refractivity contribution in [3.63, 3.8) is 0 Å². The first kappa shape index (κ1) is 17.8. The molecule has 2 unspecified atom stereocenters. The van der Waals surface area contributed by atoms with Crippen molar-refractivity contribution < 1.29 is 19.6 Å². The van der Waals surface area contributed by atoms with E-state index in [1.165, 1.54) is 0 Å². The van der Waals surface area contributed by atoms with Crippen molar-refractivity contribution in [3.8, 4) is 0 Å². The Hall–Kier alpha value is -0.160. The van der Waals surface area contributed by atoms with Crippen molar-refractivity contribution >= 4 is 0 Å². The molecule has 110 valence electrons. The van der Waals surface area contributed by atoms with E-state index in [1.54, 1.807) is 0 Å². The first-order valence-electron chi connectivity index (χ1n) is 6.72. The maximum absolute atomic E-state index is 5.42. The molecule has 0 aromatic carbocycles. The third kappa shape index (κ3) is 11.0. The first-order valence-corrected chi connectivity index (χ1v) is 6.72. The summed E-state index contributed by atoms with van der Waals surface area (Å²) in [7, 11) is 0. The van der Waals surface area contributed by atoms with Crippen LogP contribution in [-0.2, 0) is 19.6 Å². The second-order valence-corrected chi connectivity index (χ2v) is 6.66. The summed E-state index contributed by atoms with van der Waals surface area (Å²) in [6, 6.07) is 0. The molecule has 0 aliphatic rings. The molecule has 0 spiro atoms. The lowest BCUT2D eigenvalue weighted by atomic mass is 10.1. The van der Waals surface area contributed by atoms with E-state index in [0.29, 0.717) is 0 Å². The quantitative estimate of drug-likeness (QED) is 0.512. The molecule has 0 fully saturated rings. The van der Waals surface area contributed by atoms with Gasteiger partial charge in [-0.2, -0.15) is 0 Å². The second kappa shape index (κ2) is 7.43. The average molecular weight is 262 g/mol. The third-order valence-electron chi connectivity index (χ3n) is 1.95. The highest BCUT2D eigenvalue weighted by Crippen LogP contribution is 2.17. The highest BCUT2D eigenvalue weighted by molar-refractivity contribution is 4.61. The summed E-state index contributed by atoms with van der Waals surface area (Å²) in [4.78, 5) is 21.4. The Balaban J connectivity index is 3.97. The van der Waals surface area contributed by atoms with Gasteiger partial charge < -0.3 is 0 Å². The van der Waals surface area contributed by atoms with Crippen LogP contribution in [0.5, 0.6) is 0 Å². The van der Waals surface area contributed by atoms with Gasteiger partial charge in [-0.1, -0.05) is 6.92 Å². The van der Waals surface area contributed by atoms with Crippen molar-refractivity contribution in [2.45, 2.75) is 91.6 Å². The minimum Gasteiger partial charge on any atom is -0.233 e. The van der Waals surface area contributed by atoms with E-state index < -0.39 is 0 Å². The van der Waals surface area contributed by atoms with E-state index >= 15 is 0 Å². The lowest BCUT2D eigenvalue weighted by molar-refractivity contribution is -0.395. The molecule has 0 rings (SSSR count). The van der Waals surface area contributed by atoms with Gasteiger partial charge in [0.1, 0.15) is 0 Å². The maximum Gasteiger partial charge on any atom is 0.0953 e. The van der Waals surface area contributed by atoms with Crippen molar-refractivity contribution in [1.82, 2.24) is 0 Å². The van der Waals surface area contributed by atoms with E-state index in [-0.39, 0.29) is 23.4 Å². The summed E-state index contributed by atoms with van der Waals surface area (Å²) in [6.45, 7) is 15.8. The SMILES string of the molecule is CCC(CC(C)OOC(C)(C)C)OOC(C)(C)C. The fraction of sp³-hybridized carbons (Fsp3) is 1.00. The molecule has 4 heteroatoms. The lowest BCUT2D eigenvalue weighted by Crippen LogP contribution is -2.28. The van der Waals surface area contributed by atoms with E-state index in [2.05, 4.69) is 6.92 Å². The zero-order valence-electron chi connectivity index (χ0n) is 13.2. The van der Waals surface area contributed by atoms with Crippen LogP contribution in [0.15, 0.2) is 0 Å². The van der Waals surface area contributed by atoms with E-state index in [4.69, 9.17) is 19.6 Å². The normalized spacial score (nSPS) is 16.7. The van der Waals surface area contributed by atoms with Gasteiger partial charge in [-0.05, 0) is 54.9 Å². The summed E-state index contributed by atoms with van der Waals surface area (Å²) in [6.07, 6.45) is 1.60. The Bertz CT molecular complexity index is 215. The molecule has 0 aliphatic heterocycles. The van der Waals surface area contributed by atoms with E-state index in [9.17, 15) is 0 Å². The third-order valence-corrected chi connectivity index (χ3v) is 1.95. The lowest BCUT2D eigenvalue weighted by Gasteiger charge is -2.25. The van der Waals surface area contributed by atoms with E-state index in [0.717, 1.165) is 12.8 Å². The van der Waals surface area contributed by atoms with Crippen LogP contribution in [0.2, 0.25) is 0 Å². The van der Waals surface area contributed by atoms with Gasteiger partial charge in [0.2, 0.25) is 0 Å². The monoisotopic (exact) mass is 262 g/mol. The predicted octanol–water partition coefficient (Wildman–Crippen LogP) is 4.04. The maximum atomic E-state index is 5.42. The Labute approximate surface area is 112 Å². The number of hydrogen-bond acceptors (Lipinski definition) is 4. The van der Waals surface area contributed by atoms with Crippen LogP contribution >= 0.6 is 0 Å². The standard InChI is InChI=1S/C14H30O4/c1-9-12(16-18-14(6,7)8)10-11(2)15-17-13(3,4)5/h11-12H,9-10H2,1-8H3. The molecule has 0 N–H and O–H groups in total. The highest BCUT2D eigenvalue weighted by Gasteiger charge is 2.20. The minimum absolute atomic E-state index is 0.0165. The molecule has 0 aromatic heterocycles. The average Bonchev–Trinajstić information content (AvgIpc) is 2.19. The van der Waals surface area contributed by atoms with Gasteiger partial charge in [0.15, 0.2) is 0 Å². The van der Waals surface area contributed by atoms with Crippen LogP contribution in [0.25, 0.3) is 0 Å². The molecule has 0 aliphatic carbocycles. The first-order chi connectivity index (χ1) is 8.03. The number of rotatable bonds is 7. The summed E-state index contributed by atoms with van der Waals surface area (Å²) >= 11 is 0. The minimum atomic E-state index is -0.293. The van der Waals surface area contributed by atoms with Crippen molar-refractivity contribution in [3.05, 3.63) is 0 Å². The molecule has 0 saturated heterocycles. The molecule has 18 heavy (non-hydrogen) atoms. The fourth-order valence-corrected chi connectivity index (χ4v) is 1.12. The smallest absolute Gasteiger partial charge is 0.0953 e. The zero-order chi connectivity index (χ0) is 14.4. The number of hydrogen-bond donors (Lipinski definition) is 0. The molecule has 0 radical (unpaired) electrons. The molecule has 4 nitrogen and oxygen atoms in total. The van der Waals surface area contributed by atoms with Crippen LogP contribution < -0.4 is 0 Å². The molecule has 0 amide bonds. The van der Waals surface area contributed by atoms with Crippen LogP contribution in [0.3, 0.4) is 0 Å². The van der Waals surface area contributed by atoms with Crippen LogP contribution in [0.1, 0.15) is 68.2 Å². The predicted molar refractivity (Wildman–Crippen MR) is 72.0 cm³/mol. The van der Waals surface area contributed by atoms with Crippen molar-refractivity contribution in [1.29, 1.82) is 0 Å². The molecule has 0 aromatic rings. The Morgan fingerprint density at radius 3 is 1.67 bits per heavy atom. The molecule has 0 saturated carbocycles. The summed E-state index contributed by atoms with van der Waals surface area (Å²) in [5.74, 6) is 0. The van der Waals surface area contributed by atoms with Gasteiger partial charge in [-0.15, -0.1) is 0 Å². The molecular weight excluding hydrogens is 232 g/mol. The summed E-state index contributed by atoms with van der Waals surface area (Å²) in [5, 5.41) is 0. The van der Waals surface area contributed by atoms with Gasteiger partial charge in [-0.3, -0.25) is 0 Å². The summed E-state index contributed by atoms with van der Waals surface area (Å²) < 4.78 is 0. The van der Waals surface area contributed by atoms with E-state index in [1.807, 2.05) is 48.5 Å². The summed E-state index contributed by atoms with van der Waals surface area (Å²) in [5.41, 5.74) is -0.585. The van der Waals surface area contributed by atoms with Crippen molar-refractivity contribution in [2.75, 3.05) is 0 Å². The largest absolute Gasteiger partial charge is 0.233 e. The highest BCUT2D eigenvalue weighted by atomic mass is 17.2. The Morgan fingerprint density at radius 1 is 0.833 bits per heavy atom. The van der Waals surface area contributed by atoms with Crippen LogP contribution in [-0.4, -0.2) is 23.4 Å². The molecule has 2 atom stereocenters. The van der Waals surface area contributed by atoms with Gasteiger partial charge in [-0.25, -0.2) is 19.6 Å². The van der Waals surface area contributed by atoms with Crippen LogP contribution in [0, 0.1) is 0 Å². The van der Waals surface area contributed by atoms with Gasteiger partial charge in [0.25, 0.3) is 0 Å². The fourth-order valence-electron chi connectivity index (χ4n) is 1.12. The molecule has 0 bridgehead atoms.